The van der Waals surface area contributed by atoms with Crippen molar-refractivity contribution in [3.63, 3.8) is 0 Å². The number of alkyl halides is 3. The molecule has 2 rings (SSSR count). The van der Waals surface area contributed by atoms with Crippen molar-refractivity contribution in [2.45, 2.75) is 59.7 Å². The Hall–Kier alpha value is -1.73. The number of hydrogen-bond donors (Lipinski definition) is 0. The highest BCUT2D eigenvalue weighted by atomic mass is 32.1. The highest BCUT2D eigenvalue weighted by molar-refractivity contribution is 7.13. The van der Waals surface area contributed by atoms with Crippen LogP contribution in [0.25, 0.3) is 10.6 Å². The number of ether oxygens (including phenoxy) is 1. The van der Waals surface area contributed by atoms with Crippen LogP contribution in [0, 0.1) is 12.8 Å². The van der Waals surface area contributed by atoms with E-state index in [1.165, 1.54) is 18.4 Å². The lowest BCUT2D eigenvalue weighted by atomic mass is 9.87. The molecule has 1 unspecified atom stereocenters. The largest absolute Gasteiger partial charge is 0.418 e. The number of aromatic nitrogens is 1. The summed E-state index contributed by atoms with van der Waals surface area (Å²) < 4.78 is 48.1. The second-order valence-electron chi connectivity index (χ2n) is 7.43. The van der Waals surface area contributed by atoms with E-state index >= 15 is 0 Å². The monoisotopic (exact) mass is 412 g/mol. The topological polar surface area (TPSA) is 34.5 Å². The molecule has 0 saturated heterocycles. The zero-order valence-corrected chi connectivity index (χ0v) is 18.2. The van der Waals surface area contributed by atoms with Crippen molar-refractivity contribution in [2.24, 2.45) is 10.9 Å². The first-order valence-corrected chi connectivity index (χ1v) is 10.1. The maximum atomic E-state index is 14.2. The SMILES string of the molecule is CCC(C)/C(C)=N\c1c(C)c(-c2nccs2)cc(C(C)(C)OC)c1C(F)(F)F. The lowest BCUT2D eigenvalue weighted by Crippen LogP contribution is -2.25. The van der Waals surface area contributed by atoms with E-state index in [-0.39, 0.29) is 17.2 Å². The summed E-state index contributed by atoms with van der Waals surface area (Å²) >= 11 is 1.39. The summed E-state index contributed by atoms with van der Waals surface area (Å²) in [5.74, 6) is 0.0860. The first-order chi connectivity index (χ1) is 12.9. The van der Waals surface area contributed by atoms with Crippen molar-refractivity contribution in [1.29, 1.82) is 0 Å². The van der Waals surface area contributed by atoms with Gasteiger partial charge < -0.3 is 4.74 Å². The Kier molecular flexibility index (Phi) is 6.71. The molecule has 0 amide bonds. The van der Waals surface area contributed by atoms with Crippen molar-refractivity contribution in [2.75, 3.05) is 7.11 Å². The molecule has 28 heavy (non-hydrogen) atoms. The molecule has 0 aliphatic rings. The molecule has 0 fully saturated rings. The second kappa shape index (κ2) is 8.33. The van der Waals surface area contributed by atoms with E-state index in [0.29, 0.717) is 21.8 Å². The Morgan fingerprint density at radius 1 is 1.32 bits per heavy atom. The number of thiazole rings is 1. The molecule has 0 bridgehead atoms. The van der Waals surface area contributed by atoms with E-state index in [0.717, 1.165) is 6.42 Å². The molecule has 0 aliphatic heterocycles. The highest BCUT2D eigenvalue weighted by Crippen LogP contribution is 2.48. The lowest BCUT2D eigenvalue weighted by Gasteiger charge is -2.30. The molecule has 154 valence electrons. The first kappa shape index (κ1) is 22.6. The average Bonchev–Trinajstić information content (AvgIpc) is 3.15. The van der Waals surface area contributed by atoms with Crippen LogP contribution in [0.2, 0.25) is 0 Å². The smallest absolute Gasteiger partial charge is 0.374 e. The Bertz CT molecular complexity index is 856. The van der Waals surface area contributed by atoms with Gasteiger partial charge in [-0.3, -0.25) is 4.99 Å². The van der Waals surface area contributed by atoms with Crippen molar-refractivity contribution in [3.05, 3.63) is 34.3 Å². The van der Waals surface area contributed by atoms with E-state index in [2.05, 4.69) is 9.98 Å². The van der Waals surface area contributed by atoms with E-state index < -0.39 is 17.3 Å². The molecule has 0 saturated carbocycles. The molecule has 0 radical (unpaired) electrons. The van der Waals surface area contributed by atoms with Gasteiger partial charge in [0, 0.05) is 30.0 Å². The van der Waals surface area contributed by atoms with Gasteiger partial charge in [0.1, 0.15) is 5.01 Å². The number of rotatable bonds is 6. The summed E-state index contributed by atoms with van der Waals surface area (Å²) in [6.07, 6.45) is -2.12. The number of nitrogens with zero attached hydrogens (tertiary/aromatic N) is 2. The maximum absolute atomic E-state index is 14.2. The van der Waals surface area contributed by atoms with Crippen LogP contribution in [0.5, 0.6) is 0 Å². The number of hydrogen-bond acceptors (Lipinski definition) is 4. The quantitative estimate of drug-likeness (QED) is 0.472. The lowest BCUT2D eigenvalue weighted by molar-refractivity contribution is -0.140. The number of methoxy groups -OCH3 is 1. The van der Waals surface area contributed by atoms with Crippen molar-refractivity contribution in [1.82, 2.24) is 4.98 Å². The molecule has 0 aliphatic carbocycles. The van der Waals surface area contributed by atoms with Crippen molar-refractivity contribution < 1.29 is 17.9 Å². The number of halogens is 3. The fourth-order valence-corrected chi connectivity index (χ4v) is 3.65. The van der Waals surface area contributed by atoms with Crippen LogP contribution < -0.4 is 0 Å². The molecule has 3 nitrogen and oxygen atoms in total. The van der Waals surface area contributed by atoms with Gasteiger partial charge in [0.05, 0.1) is 16.9 Å². The van der Waals surface area contributed by atoms with Gasteiger partial charge in [0.25, 0.3) is 0 Å². The third kappa shape index (κ3) is 4.46. The summed E-state index contributed by atoms with van der Waals surface area (Å²) in [6.45, 7) is 10.7. The normalized spacial score (nSPS) is 14.4. The van der Waals surface area contributed by atoms with Gasteiger partial charge in [-0.05, 0) is 57.2 Å². The number of aliphatic imine (C=N–C) groups is 1. The zero-order valence-electron chi connectivity index (χ0n) is 17.4. The Morgan fingerprint density at radius 2 is 1.96 bits per heavy atom. The summed E-state index contributed by atoms with van der Waals surface area (Å²) in [4.78, 5) is 8.80. The third-order valence-corrected chi connectivity index (χ3v) is 6.08. The van der Waals surface area contributed by atoms with Crippen molar-refractivity contribution in [3.8, 4) is 10.6 Å². The van der Waals surface area contributed by atoms with E-state index in [9.17, 15) is 13.2 Å². The van der Waals surface area contributed by atoms with Crippen LogP contribution in [0.1, 0.15) is 57.7 Å². The van der Waals surface area contributed by atoms with Crippen LogP contribution in [0.3, 0.4) is 0 Å². The summed E-state index contributed by atoms with van der Waals surface area (Å²) in [6, 6.07) is 1.55. The molecule has 1 atom stereocenters. The average molecular weight is 413 g/mol. The fraction of sp³-hybridized carbons (Fsp3) is 0.524. The Labute approximate surface area is 168 Å². The maximum Gasteiger partial charge on any atom is 0.418 e. The summed E-state index contributed by atoms with van der Waals surface area (Å²) in [7, 11) is 1.41. The standard InChI is InChI=1S/C21H27F3N2OS/c1-8-12(2)14(4)26-18-13(3)15(19-25-9-10-28-19)11-16(20(5,6)27-7)17(18)21(22,23)24/h9-12H,8H2,1-7H3/b26-14-. The van der Waals surface area contributed by atoms with E-state index in [4.69, 9.17) is 4.74 Å². The molecule has 0 spiro atoms. The van der Waals surface area contributed by atoms with Gasteiger partial charge >= 0.3 is 6.18 Å². The Balaban J connectivity index is 2.97. The predicted molar refractivity (Wildman–Crippen MR) is 110 cm³/mol. The van der Waals surface area contributed by atoms with Gasteiger partial charge in [-0.15, -0.1) is 11.3 Å². The van der Waals surface area contributed by atoms with Crippen molar-refractivity contribution >= 4 is 22.7 Å². The van der Waals surface area contributed by atoms with Crippen LogP contribution in [-0.2, 0) is 16.5 Å². The van der Waals surface area contributed by atoms with E-state index in [1.807, 2.05) is 13.8 Å². The minimum Gasteiger partial charge on any atom is -0.374 e. The molecule has 1 aromatic heterocycles. The van der Waals surface area contributed by atoms with Crippen LogP contribution in [0.15, 0.2) is 22.6 Å². The zero-order chi connectivity index (χ0) is 21.3. The van der Waals surface area contributed by atoms with Crippen LogP contribution in [0.4, 0.5) is 18.9 Å². The van der Waals surface area contributed by atoms with Gasteiger partial charge in [-0.25, -0.2) is 4.98 Å². The molecule has 7 heteroatoms. The highest BCUT2D eigenvalue weighted by Gasteiger charge is 2.42. The van der Waals surface area contributed by atoms with Gasteiger partial charge in [0.2, 0.25) is 0 Å². The molecular weight excluding hydrogens is 385 g/mol. The van der Waals surface area contributed by atoms with Gasteiger partial charge in [-0.1, -0.05) is 13.8 Å². The first-order valence-electron chi connectivity index (χ1n) is 9.19. The molecule has 1 heterocycles. The Morgan fingerprint density at radius 3 is 2.43 bits per heavy atom. The minimum atomic E-state index is -4.56. The van der Waals surface area contributed by atoms with E-state index in [1.54, 1.807) is 45.3 Å². The predicted octanol–water partition coefficient (Wildman–Crippen LogP) is 7.16. The van der Waals surface area contributed by atoms with Crippen LogP contribution in [-0.4, -0.2) is 17.8 Å². The molecule has 0 N–H and O–H groups in total. The fourth-order valence-electron chi connectivity index (χ4n) is 2.94. The molecule has 1 aromatic carbocycles. The van der Waals surface area contributed by atoms with Gasteiger partial charge in [-0.2, -0.15) is 13.2 Å². The second-order valence-corrected chi connectivity index (χ2v) is 8.33. The van der Waals surface area contributed by atoms with Gasteiger partial charge in [0.15, 0.2) is 0 Å². The summed E-state index contributed by atoms with van der Waals surface area (Å²) in [5, 5.41) is 2.47. The minimum absolute atomic E-state index is 0.0434. The summed E-state index contributed by atoms with van der Waals surface area (Å²) in [5.41, 5.74) is -0.0565. The third-order valence-electron chi connectivity index (χ3n) is 5.27. The molecule has 2 aromatic rings. The molecular formula is C21H27F3N2OS. The number of benzene rings is 1. The van der Waals surface area contributed by atoms with Crippen LogP contribution >= 0.6 is 11.3 Å².